The second-order valence-corrected chi connectivity index (χ2v) is 16.7. The highest BCUT2D eigenvalue weighted by Crippen LogP contribution is 2.71. The number of rotatable bonds is 3. The Morgan fingerprint density at radius 2 is 1.45 bits per heavy atom. The lowest BCUT2D eigenvalue weighted by molar-refractivity contribution is 0.437. The molecule has 0 aromatic heterocycles. The maximum Gasteiger partial charge on any atom is 0.0699 e. The van der Waals surface area contributed by atoms with Crippen LogP contribution < -0.4 is 0 Å². The van der Waals surface area contributed by atoms with Crippen molar-refractivity contribution in [3.05, 3.63) is 30.3 Å². The molecule has 1 fully saturated rings. The van der Waals surface area contributed by atoms with E-state index >= 15 is 0 Å². The Kier molecular flexibility index (Phi) is 4.96. The molecule has 0 spiro atoms. The minimum absolute atomic E-state index is 0.480. The molecule has 1 saturated heterocycles. The van der Waals surface area contributed by atoms with Crippen molar-refractivity contribution in [1.82, 2.24) is 0 Å². The molecule has 0 nitrogen and oxygen atoms in total. The Morgan fingerprint density at radius 3 is 1.86 bits per heavy atom. The van der Waals surface area contributed by atoms with Gasteiger partial charge in [0, 0.05) is 10.1 Å². The van der Waals surface area contributed by atoms with E-state index in [9.17, 15) is 0 Å². The molecule has 124 valence electrons. The van der Waals surface area contributed by atoms with Crippen LogP contribution >= 0.6 is 11.8 Å². The summed E-state index contributed by atoms with van der Waals surface area (Å²) in [6.45, 7) is 20.0. The predicted octanol–water partition coefficient (Wildman–Crippen LogP) is 7.24. The Labute approximate surface area is 143 Å². The van der Waals surface area contributed by atoms with Gasteiger partial charge in [-0.05, 0) is 39.7 Å². The summed E-state index contributed by atoms with van der Waals surface area (Å²) < 4.78 is 0. The fraction of sp³-hybridized carbons (Fsp3) is 0.700. The summed E-state index contributed by atoms with van der Waals surface area (Å²) in [5.74, 6) is 0.792. The summed E-state index contributed by atoms with van der Waals surface area (Å²) in [4.78, 5) is 1.45. The third kappa shape index (κ3) is 2.93. The van der Waals surface area contributed by atoms with Crippen molar-refractivity contribution < 1.29 is 0 Å². The molecule has 0 aliphatic carbocycles. The first-order valence-corrected chi connectivity index (χ1v) is 11.9. The van der Waals surface area contributed by atoms with Crippen LogP contribution in [-0.4, -0.2) is 13.3 Å². The first-order chi connectivity index (χ1) is 10.0. The van der Waals surface area contributed by atoms with Crippen LogP contribution in [-0.2, 0) is 0 Å². The molecular formula is C20H34SSi. The highest BCUT2D eigenvalue weighted by atomic mass is 32.2. The van der Waals surface area contributed by atoms with Gasteiger partial charge >= 0.3 is 0 Å². The molecule has 0 N–H and O–H groups in total. The third-order valence-electron chi connectivity index (χ3n) is 5.92. The van der Waals surface area contributed by atoms with Crippen molar-refractivity contribution in [2.24, 2.45) is 5.92 Å². The zero-order valence-electron chi connectivity index (χ0n) is 15.7. The molecular weight excluding hydrogens is 300 g/mol. The van der Waals surface area contributed by atoms with Crippen molar-refractivity contribution in [3.63, 3.8) is 0 Å². The molecule has 0 amide bonds. The van der Waals surface area contributed by atoms with Crippen molar-refractivity contribution in [2.75, 3.05) is 0 Å². The van der Waals surface area contributed by atoms with Gasteiger partial charge in [-0.1, -0.05) is 73.6 Å². The van der Waals surface area contributed by atoms with Crippen LogP contribution in [0.15, 0.2) is 35.2 Å². The summed E-state index contributed by atoms with van der Waals surface area (Å²) >= 11 is 2.14. The maximum absolute atomic E-state index is 2.52. The average molecular weight is 335 g/mol. The van der Waals surface area contributed by atoms with Gasteiger partial charge in [0.1, 0.15) is 0 Å². The number of hydrogen-bond donors (Lipinski definition) is 0. The van der Waals surface area contributed by atoms with E-state index in [4.69, 9.17) is 0 Å². The zero-order valence-corrected chi connectivity index (χ0v) is 17.6. The second kappa shape index (κ2) is 6.01. The Bertz CT molecular complexity index is 479. The van der Waals surface area contributed by atoms with E-state index in [-0.39, 0.29) is 0 Å². The summed E-state index contributed by atoms with van der Waals surface area (Å²) in [5.41, 5.74) is 0.915. The summed E-state index contributed by atoms with van der Waals surface area (Å²) in [5, 5.41) is 1.77. The molecule has 2 rings (SSSR count). The van der Waals surface area contributed by atoms with Gasteiger partial charge in [-0.3, -0.25) is 0 Å². The van der Waals surface area contributed by atoms with E-state index in [1.165, 1.54) is 10.9 Å². The molecule has 1 aliphatic rings. The standard InChI is InChI=1S/C20H34SSi/c1-15(2)18-17(21-16-12-10-9-11-13-16)14-22(18,19(3,4)5)20(6,7)8/h9-13,15,17-18H,14H2,1-8H3/t17-,18+/m0/s1. The van der Waals surface area contributed by atoms with Gasteiger partial charge in [-0.15, -0.1) is 11.8 Å². The fourth-order valence-electron chi connectivity index (χ4n) is 5.26. The summed E-state index contributed by atoms with van der Waals surface area (Å²) in [6, 6.07) is 12.5. The maximum atomic E-state index is 2.52. The number of benzene rings is 1. The van der Waals surface area contributed by atoms with Crippen LogP contribution in [0.2, 0.25) is 21.7 Å². The molecule has 1 aromatic carbocycles. The van der Waals surface area contributed by atoms with E-state index < -0.39 is 8.07 Å². The lowest BCUT2D eigenvalue weighted by Crippen LogP contribution is -2.67. The minimum Gasteiger partial charge on any atom is -0.123 e. The van der Waals surface area contributed by atoms with Gasteiger partial charge in [0.05, 0.1) is 8.07 Å². The SMILES string of the molecule is CC(C)[C@@H]1[C@@H](Sc2ccccc2)C[Si]1(C(C)(C)C)C(C)(C)C. The third-order valence-corrected chi connectivity index (χ3v) is 16.4. The first kappa shape index (κ1) is 18.1. The number of thioether (sulfide) groups is 1. The topological polar surface area (TPSA) is 0 Å². The van der Waals surface area contributed by atoms with E-state index in [0.29, 0.717) is 10.1 Å². The molecule has 1 aromatic rings. The van der Waals surface area contributed by atoms with Crippen LogP contribution in [0, 0.1) is 5.92 Å². The van der Waals surface area contributed by atoms with Crippen LogP contribution in [0.25, 0.3) is 0 Å². The molecule has 0 saturated carbocycles. The number of hydrogen-bond acceptors (Lipinski definition) is 1. The first-order valence-electron chi connectivity index (χ1n) is 8.72. The molecule has 0 bridgehead atoms. The quantitative estimate of drug-likeness (QED) is 0.525. The smallest absolute Gasteiger partial charge is 0.0699 e. The normalized spacial score (nSPS) is 25.1. The lowest BCUT2D eigenvalue weighted by atomic mass is 10.1. The zero-order chi connectivity index (χ0) is 16.8. The predicted molar refractivity (Wildman–Crippen MR) is 105 cm³/mol. The molecule has 0 unspecified atom stereocenters. The van der Waals surface area contributed by atoms with Gasteiger partial charge in [-0.25, -0.2) is 0 Å². The van der Waals surface area contributed by atoms with Crippen LogP contribution in [0.5, 0.6) is 0 Å². The van der Waals surface area contributed by atoms with Crippen molar-refractivity contribution in [1.29, 1.82) is 0 Å². The largest absolute Gasteiger partial charge is 0.123 e. The highest BCUT2D eigenvalue weighted by Gasteiger charge is 2.66. The molecule has 0 radical (unpaired) electrons. The van der Waals surface area contributed by atoms with Crippen LogP contribution in [0.1, 0.15) is 55.4 Å². The second-order valence-electron chi connectivity index (χ2n) is 9.41. The van der Waals surface area contributed by atoms with E-state index in [2.05, 4.69) is 97.5 Å². The van der Waals surface area contributed by atoms with Gasteiger partial charge < -0.3 is 0 Å². The molecule has 2 atom stereocenters. The van der Waals surface area contributed by atoms with Gasteiger partial charge in [0.2, 0.25) is 0 Å². The van der Waals surface area contributed by atoms with Gasteiger partial charge in [0.15, 0.2) is 0 Å². The Morgan fingerprint density at radius 1 is 0.955 bits per heavy atom. The van der Waals surface area contributed by atoms with Crippen molar-refractivity contribution >= 4 is 19.8 Å². The Balaban J connectivity index is 2.32. The van der Waals surface area contributed by atoms with Crippen molar-refractivity contribution in [3.8, 4) is 0 Å². The van der Waals surface area contributed by atoms with Crippen LogP contribution in [0.3, 0.4) is 0 Å². The molecule has 1 heterocycles. The fourth-order valence-corrected chi connectivity index (χ4v) is 16.5. The molecule has 1 aliphatic heterocycles. The summed E-state index contributed by atoms with van der Waals surface area (Å²) in [7, 11) is -1.38. The van der Waals surface area contributed by atoms with E-state index in [1.54, 1.807) is 0 Å². The monoisotopic (exact) mass is 334 g/mol. The van der Waals surface area contributed by atoms with E-state index in [1.807, 2.05) is 0 Å². The minimum atomic E-state index is -1.38. The highest BCUT2D eigenvalue weighted by molar-refractivity contribution is 8.00. The summed E-state index contributed by atoms with van der Waals surface area (Å²) in [6.07, 6.45) is 0. The molecule has 22 heavy (non-hydrogen) atoms. The van der Waals surface area contributed by atoms with E-state index in [0.717, 1.165) is 16.7 Å². The van der Waals surface area contributed by atoms with Gasteiger partial charge in [-0.2, -0.15) is 0 Å². The molecule has 2 heteroatoms. The van der Waals surface area contributed by atoms with Gasteiger partial charge in [0.25, 0.3) is 0 Å². The lowest BCUT2D eigenvalue weighted by Gasteiger charge is -2.67. The Hall–Kier alpha value is -0.213. The average Bonchev–Trinajstić information content (AvgIpc) is 2.30. The van der Waals surface area contributed by atoms with Crippen LogP contribution in [0.4, 0.5) is 0 Å². The van der Waals surface area contributed by atoms with Crippen molar-refractivity contribution in [2.45, 2.75) is 87.2 Å².